The fraction of sp³-hybridized carbons (Fsp3) is 0.409. The summed E-state index contributed by atoms with van der Waals surface area (Å²) in [6.07, 6.45) is -5.04. The molecule has 7 nitrogen and oxygen atoms in total. The number of halogens is 4. The molecular weight excluding hydrogens is 499 g/mol. The zero-order valence-electron chi connectivity index (χ0n) is 17.7. The number of fused-ring (bicyclic) bond motifs is 1. The molecule has 2 aromatic carbocycles. The van der Waals surface area contributed by atoms with Crippen LogP contribution in [0.2, 0.25) is 0 Å². The summed E-state index contributed by atoms with van der Waals surface area (Å²) in [6, 6.07) is 7.44. The molecule has 2 aliphatic heterocycles. The molecule has 0 aliphatic carbocycles. The lowest BCUT2D eigenvalue weighted by Gasteiger charge is -2.33. The van der Waals surface area contributed by atoms with Crippen LogP contribution in [0.25, 0.3) is 0 Å². The van der Waals surface area contributed by atoms with Crippen molar-refractivity contribution in [2.75, 3.05) is 19.7 Å². The highest BCUT2D eigenvalue weighted by Crippen LogP contribution is 2.43. The summed E-state index contributed by atoms with van der Waals surface area (Å²) in [6.45, 7) is 0.646. The Morgan fingerprint density at radius 3 is 2.41 bits per heavy atom. The van der Waals surface area contributed by atoms with Crippen molar-refractivity contribution >= 4 is 25.8 Å². The van der Waals surface area contributed by atoms with Gasteiger partial charge in [0, 0.05) is 41.8 Å². The van der Waals surface area contributed by atoms with E-state index in [2.05, 4.69) is 0 Å². The molecule has 1 unspecified atom stereocenters. The number of rotatable bonds is 4. The van der Waals surface area contributed by atoms with Crippen LogP contribution >= 0.6 is 10.7 Å². The summed E-state index contributed by atoms with van der Waals surface area (Å²) in [4.78, 5) is 12.3. The number of hydrogen-bond donors (Lipinski definition) is 1. The van der Waals surface area contributed by atoms with E-state index >= 15 is 0 Å². The van der Waals surface area contributed by atoms with Crippen LogP contribution < -0.4 is 9.47 Å². The number of alkyl halides is 3. The Balaban J connectivity index is 1.66. The van der Waals surface area contributed by atoms with Crippen LogP contribution in [-0.4, -0.2) is 44.2 Å². The summed E-state index contributed by atoms with van der Waals surface area (Å²) in [5.74, 6) is 0.242. The fourth-order valence-electron chi connectivity index (χ4n) is 4.30. The minimum atomic E-state index is -4.54. The molecule has 0 bridgehead atoms. The lowest BCUT2D eigenvalue weighted by atomic mass is 9.87. The third kappa shape index (κ3) is 5.20. The minimum Gasteiger partial charge on any atom is -0.493 e. The first-order valence-corrected chi connectivity index (χ1v) is 12.8. The molecule has 1 saturated heterocycles. The molecule has 1 amide bonds. The predicted molar refractivity (Wildman–Crippen MR) is 116 cm³/mol. The van der Waals surface area contributed by atoms with Crippen LogP contribution in [0.15, 0.2) is 41.3 Å². The minimum absolute atomic E-state index is 0.131. The largest absolute Gasteiger partial charge is 0.493 e. The number of carbonyl (C=O) groups is 1. The van der Waals surface area contributed by atoms with Gasteiger partial charge in [-0.05, 0) is 48.6 Å². The van der Waals surface area contributed by atoms with E-state index in [1.54, 1.807) is 0 Å². The van der Waals surface area contributed by atoms with Gasteiger partial charge >= 0.3 is 12.3 Å². The standard InChI is InChI=1S/C22H21ClF3NO6S/c23-34(30,31)15-2-3-16-19(7-10-32-20(16)12-15)33-18-4-1-14(22(24,25)26)11-17(18)13-5-8-27(9-6-13)21(28)29/h1-4,11-13,19H,5-10H2,(H,28,29). The van der Waals surface area contributed by atoms with Crippen molar-refractivity contribution in [2.45, 2.75) is 42.4 Å². The molecule has 2 aromatic rings. The van der Waals surface area contributed by atoms with Crippen molar-refractivity contribution in [2.24, 2.45) is 0 Å². The molecular formula is C22H21ClF3NO6S. The molecule has 0 aromatic heterocycles. The zero-order chi connectivity index (χ0) is 24.7. The number of likely N-dealkylation sites (tertiary alicyclic amines) is 1. The van der Waals surface area contributed by atoms with Gasteiger partial charge in [-0.25, -0.2) is 13.2 Å². The number of ether oxygens (including phenoxy) is 2. The third-order valence-corrected chi connectivity index (χ3v) is 7.41. The fourth-order valence-corrected chi connectivity index (χ4v) is 5.06. The Kier molecular flexibility index (Phi) is 6.61. The van der Waals surface area contributed by atoms with Gasteiger partial charge in [0.25, 0.3) is 9.05 Å². The van der Waals surface area contributed by atoms with E-state index in [-0.39, 0.29) is 42.0 Å². The van der Waals surface area contributed by atoms with Crippen LogP contribution in [0, 0.1) is 0 Å². The SMILES string of the molecule is O=C(O)N1CCC(c2cc(C(F)(F)F)ccc2OC2CCOc3cc(S(=O)(=O)Cl)ccc32)CC1. The number of nitrogens with zero attached hydrogens (tertiary/aromatic N) is 1. The average Bonchev–Trinajstić information content (AvgIpc) is 2.78. The molecule has 1 N–H and O–H groups in total. The van der Waals surface area contributed by atoms with Gasteiger partial charge in [0.2, 0.25) is 0 Å². The topological polar surface area (TPSA) is 93.1 Å². The molecule has 12 heteroatoms. The maximum Gasteiger partial charge on any atom is 0.416 e. The second-order valence-electron chi connectivity index (χ2n) is 8.18. The lowest BCUT2D eigenvalue weighted by Crippen LogP contribution is -2.37. The van der Waals surface area contributed by atoms with E-state index in [0.717, 1.165) is 12.1 Å². The van der Waals surface area contributed by atoms with E-state index in [1.165, 1.54) is 29.2 Å². The van der Waals surface area contributed by atoms with Crippen molar-refractivity contribution in [1.29, 1.82) is 0 Å². The molecule has 0 spiro atoms. The van der Waals surface area contributed by atoms with Crippen molar-refractivity contribution < 1.29 is 41.0 Å². The Hall–Kier alpha value is -2.66. The van der Waals surface area contributed by atoms with E-state index in [1.807, 2.05) is 0 Å². The van der Waals surface area contributed by atoms with Gasteiger partial charge in [0.1, 0.15) is 17.6 Å². The van der Waals surface area contributed by atoms with Gasteiger partial charge in [-0.1, -0.05) is 6.07 Å². The maximum atomic E-state index is 13.4. The van der Waals surface area contributed by atoms with E-state index in [9.17, 15) is 31.5 Å². The monoisotopic (exact) mass is 519 g/mol. The first-order chi connectivity index (χ1) is 15.9. The maximum absolute atomic E-state index is 13.4. The number of carboxylic acid groups (broad SMARTS) is 1. The van der Waals surface area contributed by atoms with Gasteiger partial charge in [-0.2, -0.15) is 13.2 Å². The summed E-state index contributed by atoms with van der Waals surface area (Å²) >= 11 is 0. The second kappa shape index (κ2) is 9.18. The summed E-state index contributed by atoms with van der Waals surface area (Å²) in [5.41, 5.74) is 0.120. The van der Waals surface area contributed by atoms with E-state index in [0.29, 0.717) is 30.4 Å². The molecule has 2 aliphatic rings. The summed E-state index contributed by atoms with van der Waals surface area (Å²) in [5, 5.41) is 9.17. The highest BCUT2D eigenvalue weighted by molar-refractivity contribution is 8.13. The van der Waals surface area contributed by atoms with Crippen LogP contribution in [0.5, 0.6) is 11.5 Å². The summed E-state index contributed by atoms with van der Waals surface area (Å²) < 4.78 is 75.3. The van der Waals surface area contributed by atoms with Crippen LogP contribution in [0.4, 0.5) is 18.0 Å². The van der Waals surface area contributed by atoms with Gasteiger partial charge < -0.3 is 19.5 Å². The van der Waals surface area contributed by atoms with Gasteiger partial charge in [-0.15, -0.1) is 0 Å². The molecule has 0 saturated carbocycles. The Bertz CT molecular complexity index is 1200. The zero-order valence-corrected chi connectivity index (χ0v) is 19.3. The molecule has 1 fully saturated rings. The van der Waals surface area contributed by atoms with Gasteiger partial charge in [-0.3, -0.25) is 0 Å². The smallest absolute Gasteiger partial charge is 0.416 e. The number of amides is 1. The average molecular weight is 520 g/mol. The Morgan fingerprint density at radius 1 is 1.09 bits per heavy atom. The first-order valence-electron chi connectivity index (χ1n) is 10.5. The van der Waals surface area contributed by atoms with Crippen LogP contribution in [0.3, 0.4) is 0 Å². The molecule has 2 heterocycles. The highest BCUT2D eigenvalue weighted by Gasteiger charge is 2.34. The normalized spacial score (nSPS) is 19.3. The quantitative estimate of drug-likeness (QED) is 0.544. The van der Waals surface area contributed by atoms with E-state index in [4.69, 9.17) is 20.2 Å². The molecule has 1 atom stereocenters. The highest BCUT2D eigenvalue weighted by atomic mass is 35.7. The number of piperidine rings is 1. The lowest BCUT2D eigenvalue weighted by molar-refractivity contribution is -0.137. The van der Waals surface area contributed by atoms with Crippen molar-refractivity contribution in [3.05, 3.63) is 53.1 Å². The summed E-state index contributed by atoms with van der Waals surface area (Å²) in [7, 11) is 1.44. The number of benzene rings is 2. The second-order valence-corrected chi connectivity index (χ2v) is 10.7. The molecule has 184 valence electrons. The van der Waals surface area contributed by atoms with E-state index < -0.39 is 33.0 Å². The first kappa shape index (κ1) is 24.5. The molecule has 34 heavy (non-hydrogen) atoms. The van der Waals surface area contributed by atoms with Crippen molar-refractivity contribution in [1.82, 2.24) is 4.90 Å². The Labute approximate surface area is 198 Å². The van der Waals surface area contributed by atoms with Crippen molar-refractivity contribution in [3.8, 4) is 11.5 Å². The third-order valence-electron chi connectivity index (χ3n) is 6.06. The molecule has 0 radical (unpaired) electrons. The van der Waals surface area contributed by atoms with Crippen molar-refractivity contribution in [3.63, 3.8) is 0 Å². The molecule has 4 rings (SSSR count). The Morgan fingerprint density at radius 2 is 1.79 bits per heavy atom. The van der Waals surface area contributed by atoms with Gasteiger partial charge in [0.15, 0.2) is 0 Å². The predicted octanol–water partition coefficient (Wildman–Crippen LogP) is 5.39. The van der Waals surface area contributed by atoms with Crippen LogP contribution in [0.1, 0.15) is 48.0 Å². The number of hydrogen-bond acceptors (Lipinski definition) is 5. The van der Waals surface area contributed by atoms with Crippen LogP contribution in [-0.2, 0) is 15.2 Å². The van der Waals surface area contributed by atoms with Gasteiger partial charge in [0.05, 0.1) is 17.1 Å².